The van der Waals surface area contributed by atoms with E-state index in [4.69, 9.17) is 16.3 Å². The number of ether oxygens (including phenoxy) is 1. The number of anilines is 1. The van der Waals surface area contributed by atoms with E-state index in [1.807, 2.05) is 15.6 Å². The van der Waals surface area contributed by atoms with Crippen molar-refractivity contribution in [1.29, 1.82) is 0 Å². The van der Waals surface area contributed by atoms with Crippen LogP contribution in [0, 0.1) is 5.82 Å². The standard InChI is InChI=1S/C22H25ClFN7O2/c1-14(17-3-2-16(24)10-15(17)12-29-6-8-33-9-7-29)31-19-4-5-30(13-18(19)26-28-31)20-11-25-27-22(32)21(20)23/h2-3,10-11,14H,4-9,12-13H2,1H3,(H,27,32)/t14-/m0/s1. The number of halogens is 2. The summed E-state index contributed by atoms with van der Waals surface area (Å²) >= 11 is 6.19. The van der Waals surface area contributed by atoms with Crippen LogP contribution in [-0.2, 0) is 24.2 Å². The lowest BCUT2D eigenvalue weighted by molar-refractivity contribution is 0.0340. The second kappa shape index (κ2) is 9.20. The molecule has 2 aromatic heterocycles. The summed E-state index contributed by atoms with van der Waals surface area (Å²) in [5.74, 6) is -0.242. The van der Waals surface area contributed by atoms with Crippen molar-refractivity contribution in [3.05, 3.63) is 68.1 Å². The van der Waals surface area contributed by atoms with Gasteiger partial charge >= 0.3 is 0 Å². The normalized spacial score (nSPS) is 17.7. The van der Waals surface area contributed by atoms with E-state index < -0.39 is 5.56 Å². The van der Waals surface area contributed by atoms with E-state index in [2.05, 4.69) is 32.3 Å². The van der Waals surface area contributed by atoms with Crippen LogP contribution in [0.4, 0.5) is 10.1 Å². The molecule has 1 atom stereocenters. The van der Waals surface area contributed by atoms with E-state index in [1.165, 1.54) is 6.07 Å². The maximum Gasteiger partial charge on any atom is 0.285 e. The van der Waals surface area contributed by atoms with Crippen LogP contribution in [-0.4, -0.2) is 62.9 Å². The minimum Gasteiger partial charge on any atom is -0.379 e. The van der Waals surface area contributed by atoms with E-state index >= 15 is 0 Å². The molecule has 0 aliphatic carbocycles. The van der Waals surface area contributed by atoms with E-state index in [-0.39, 0.29) is 16.9 Å². The molecule has 5 rings (SSSR count). The molecule has 11 heteroatoms. The number of hydrogen-bond donors (Lipinski definition) is 1. The number of aromatic amines is 1. The van der Waals surface area contributed by atoms with E-state index in [0.29, 0.717) is 45.0 Å². The van der Waals surface area contributed by atoms with Gasteiger partial charge in [-0.05, 0) is 30.2 Å². The molecular formula is C22H25ClFN7O2. The predicted octanol–water partition coefficient (Wildman–Crippen LogP) is 2.16. The van der Waals surface area contributed by atoms with Crippen molar-refractivity contribution < 1.29 is 9.13 Å². The third-order valence-corrected chi connectivity index (χ3v) is 6.73. The summed E-state index contributed by atoms with van der Waals surface area (Å²) in [6.07, 6.45) is 2.24. The summed E-state index contributed by atoms with van der Waals surface area (Å²) in [6.45, 7) is 6.92. The Labute approximate surface area is 195 Å². The number of aromatic nitrogens is 5. The van der Waals surface area contributed by atoms with Crippen molar-refractivity contribution in [2.45, 2.75) is 32.5 Å². The monoisotopic (exact) mass is 473 g/mol. The molecule has 0 saturated carbocycles. The molecule has 1 N–H and O–H groups in total. The Kier molecular flexibility index (Phi) is 6.13. The highest BCUT2D eigenvalue weighted by atomic mass is 35.5. The number of nitrogens with one attached hydrogen (secondary N) is 1. The van der Waals surface area contributed by atoms with Crippen molar-refractivity contribution in [1.82, 2.24) is 30.1 Å². The molecule has 33 heavy (non-hydrogen) atoms. The Morgan fingerprint density at radius 3 is 2.91 bits per heavy atom. The Bertz CT molecular complexity index is 1210. The van der Waals surface area contributed by atoms with Crippen LogP contribution in [0.2, 0.25) is 5.02 Å². The Balaban J connectivity index is 1.40. The second-order valence-corrected chi connectivity index (χ2v) is 8.78. The van der Waals surface area contributed by atoms with E-state index in [1.54, 1.807) is 12.3 Å². The molecule has 1 saturated heterocycles. The number of rotatable bonds is 5. The molecule has 0 amide bonds. The van der Waals surface area contributed by atoms with Crippen LogP contribution >= 0.6 is 11.6 Å². The fourth-order valence-electron chi connectivity index (χ4n) is 4.59. The second-order valence-electron chi connectivity index (χ2n) is 8.40. The van der Waals surface area contributed by atoms with Crippen LogP contribution in [0.1, 0.15) is 35.5 Å². The SMILES string of the molecule is C[C@@H](c1ccc(F)cc1CN1CCOCC1)n1nnc2c1CCN(c1cn[nH]c(=O)c1Cl)C2. The fourth-order valence-corrected chi connectivity index (χ4v) is 4.80. The molecule has 3 aromatic rings. The Morgan fingerprint density at radius 1 is 1.27 bits per heavy atom. The van der Waals surface area contributed by atoms with Gasteiger partial charge in [0.25, 0.3) is 5.56 Å². The highest BCUT2D eigenvalue weighted by Gasteiger charge is 2.27. The number of hydrogen-bond acceptors (Lipinski definition) is 7. The highest BCUT2D eigenvalue weighted by molar-refractivity contribution is 6.32. The van der Waals surface area contributed by atoms with Crippen molar-refractivity contribution in [3.8, 4) is 0 Å². The van der Waals surface area contributed by atoms with Gasteiger partial charge in [-0.15, -0.1) is 5.10 Å². The zero-order valence-corrected chi connectivity index (χ0v) is 19.1. The summed E-state index contributed by atoms with van der Waals surface area (Å²) in [6, 6.07) is 4.87. The van der Waals surface area contributed by atoms with Gasteiger partial charge in [0.1, 0.15) is 16.5 Å². The van der Waals surface area contributed by atoms with Gasteiger partial charge in [-0.3, -0.25) is 9.69 Å². The summed E-state index contributed by atoms with van der Waals surface area (Å²) in [7, 11) is 0. The molecule has 2 aliphatic rings. The first-order chi connectivity index (χ1) is 16.0. The average Bonchev–Trinajstić information content (AvgIpc) is 3.24. The number of morpholine rings is 1. The summed E-state index contributed by atoms with van der Waals surface area (Å²) < 4.78 is 21.5. The van der Waals surface area contributed by atoms with Crippen LogP contribution in [0.3, 0.4) is 0 Å². The molecule has 1 fully saturated rings. The smallest absolute Gasteiger partial charge is 0.285 e. The maximum atomic E-state index is 14.1. The molecule has 2 aliphatic heterocycles. The van der Waals surface area contributed by atoms with Crippen LogP contribution in [0.5, 0.6) is 0 Å². The molecule has 0 radical (unpaired) electrons. The first kappa shape index (κ1) is 22.0. The van der Waals surface area contributed by atoms with Gasteiger partial charge in [0.15, 0.2) is 0 Å². The molecule has 0 unspecified atom stereocenters. The summed E-state index contributed by atoms with van der Waals surface area (Å²) in [5.41, 5.74) is 4.02. The lowest BCUT2D eigenvalue weighted by Crippen LogP contribution is -2.36. The van der Waals surface area contributed by atoms with Gasteiger partial charge in [-0.25, -0.2) is 14.2 Å². The van der Waals surface area contributed by atoms with Crippen molar-refractivity contribution in [2.24, 2.45) is 0 Å². The van der Waals surface area contributed by atoms with Crippen molar-refractivity contribution in [2.75, 3.05) is 37.7 Å². The first-order valence-electron chi connectivity index (χ1n) is 11.0. The van der Waals surface area contributed by atoms with E-state index in [0.717, 1.165) is 35.6 Å². The van der Waals surface area contributed by atoms with Gasteiger partial charge < -0.3 is 9.64 Å². The van der Waals surface area contributed by atoms with Gasteiger partial charge in [0, 0.05) is 32.6 Å². The van der Waals surface area contributed by atoms with Crippen molar-refractivity contribution in [3.63, 3.8) is 0 Å². The summed E-state index contributed by atoms with van der Waals surface area (Å²) in [5, 5.41) is 15.2. The van der Waals surface area contributed by atoms with E-state index in [9.17, 15) is 9.18 Å². The van der Waals surface area contributed by atoms with Gasteiger partial charge in [-0.1, -0.05) is 22.9 Å². The van der Waals surface area contributed by atoms with Gasteiger partial charge in [0.05, 0.1) is 43.4 Å². The quantitative estimate of drug-likeness (QED) is 0.607. The Hall–Kier alpha value is -2.82. The minimum atomic E-state index is -0.415. The van der Waals surface area contributed by atoms with Gasteiger partial charge in [-0.2, -0.15) is 5.10 Å². The molecule has 0 spiro atoms. The third kappa shape index (κ3) is 4.38. The lowest BCUT2D eigenvalue weighted by atomic mass is 9.99. The lowest BCUT2D eigenvalue weighted by Gasteiger charge is -2.30. The topological polar surface area (TPSA) is 92.2 Å². The van der Waals surface area contributed by atoms with Crippen LogP contribution in [0.25, 0.3) is 0 Å². The number of H-pyrrole nitrogens is 1. The summed E-state index contributed by atoms with van der Waals surface area (Å²) in [4.78, 5) is 16.1. The number of fused-ring (bicyclic) bond motifs is 1. The van der Waals surface area contributed by atoms with Crippen LogP contribution < -0.4 is 10.5 Å². The zero-order valence-electron chi connectivity index (χ0n) is 18.3. The molecular weight excluding hydrogens is 449 g/mol. The van der Waals surface area contributed by atoms with Crippen LogP contribution in [0.15, 0.2) is 29.2 Å². The highest BCUT2D eigenvalue weighted by Crippen LogP contribution is 2.30. The average molecular weight is 474 g/mol. The molecule has 1 aromatic carbocycles. The number of benzene rings is 1. The zero-order chi connectivity index (χ0) is 22.9. The largest absolute Gasteiger partial charge is 0.379 e. The fraction of sp³-hybridized carbons (Fsp3) is 0.455. The molecule has 9 nitrogen and oxygen atoms in total. The number of nitrogens with zero attached hydrogens (tertiary/aromatic N) is 6. The molecule has 4 heterocycles. The van der Waals surface area contributed by atoms with Crippen molar-refractivity contribution >= 4 is 17.3 Å². The first-order valence-corrected chi connectivity index (χ1v) is 11.4. The molecule has 0 bridgehead atoms. The molecule has 174 valence electrons. The third-order valence-electron chi connectivity index (χ3n) is 6.37. The van der Waals surface area contributed by atoms with Gasteiger partial charge in [0.2, 0.25) is 0 Å². The predicted molar refractivity (Wildman–Crippen MR) is 121 cm³/mol. The maximum absolute atomic E-state index is 14.1. The Morgan fingerprint density at radius 2 is 2.09 bits per heavy atom. The minimum absolute atomic E-state index is 0.103.